The van der Waals surface area contributed by atoms with Crippen molar-refractivity contribution in [3.63, 3.8) is 0 Å². The molecule has 1 atom stereocenters. The summed E-state index contributed by atoms with van der Waals surface area (Å²) in [4.78, 5) is 17.8. The second-order valence-corrected chi connectivity index (χ2v) is 6.30. The maximum absolute atomic E-state index is 11.1. The number of guanidine groups is 1. The Morgan fingerprint density at radius 1 is 1.33 bits per heavy atom. The van der Waals surface area contributed by atoms with Crippen molar-refractivity contribution < 1.29 is 9.53 Å². The van der Waals surface area contributed by atoms with E-state index >= 15 is 0 Å². The third-order valence-electron chi connectivity index (χ3n) is 4.48. The van der Waals surface area contributed by atoms with Crippen LogP contribution in [-0.2, 0) is 16.0 Å². The number of nitrogens with one attached hydrogen (secondary N) is 1. The van der Waals surface area contributed by atoms with E-state index in [2.05, 4.69) is 50.3 Å². The Balaban J connectivity index is 1.69. The van der Waals surface area contributed by atoms with Crippen molar-refractivity contribution in [2.45, 2.75) is 32.1 Å². The second kappa shape index (κ2) is 9.96. The minimum absolute atomic E-state index is 0.136. The van der Waals surface area contributed by atoms with Crippen molar-refractivity contribution in [3.05, 3.63) is 35.9 Å². The van der Waals surface area contributed by atoms with Gasteiger partial charge in [-0.1, -0.05) is 30.3 Å². The first-order chi connectivity index (χ1) is 11.7. The summed E-state index contributed by atoms with van der Waals surface area (Å²) in [6.45, 7) is 2.94. The lowest BCUT2D eigenvalue weighted by molar-refractivity contribution is -0.140. The highest BCUT2D eigenvalue weighted by Gasteiger charge is 2.24. The number of carbonyl (C=O) groups is 1. The first-order valence-electron chi connectivity index (χ1n) is 8.79. The van der Waals surface area contributed by atoms with Crippen molar-refractivity contribution in [1.29, 1.82) is 0 Å². The summed E-state index contributed by atoms with van der Waals surface area (Å²) in [5.74, 6) is 1.52. The molecule has 1 fully saturated rings. The van der Waals surface area contributed by atoms with Crippen LogP contribution in [0.2, 0.25) is 0 Å². The van der Waals surface area contributed by atoms with Crippen molar-refractivity contribution >= 4 is 11.9 Å². The van der Waals surface area contributed by atoms with Crippen LogP contribution in [0.3, 0.4) is 0 Å². The predicted octanol–water partition coefficient (Wildman–Crippen LogP) is 2.47. The Bertz CT molecular complexity index is 531. The van der Waals surface area contributed by atoms with Gasteiger partial charge >= 0.3 is 5.97 Å². The van der Waals surface area contributed by atoms with Gasteiger partial charge in [0.05, 0.1) is 7.11 Å². The molecule has 132 valence electrons. The fourth-order valence-corrected chi connectivity index (χ4v) is 3.17. The lowest BCUT2D eigenvalue weighted by atomic mass is 9.99. The quantitative estimate of drug-likeness (QED) is 0.361. The number of esters is 1. The van der Waals surface area contributed by atoms with E-state index in [4.69, 9.17) is 0 Å². The van der Waals surface area contributed by atoms with E-state index in [-0.39, 0.29) is 5.97 Å². The molecule has 5 nitrogen and oxygen atoms in total. The first-order valence-corrected chi connectivity index (χ1v) is 8.79. The van der Waals surface area contributed by atoms with Crippen LogP contribution in [-0.4, -0.2) is 50.6 Å². The number of hydrogen-bond donors (Lipinski definition) is 1. The number of benzene rings is 1. The number of nitrogens with zero attached hydrogens (tertiary/aromatic N) is 2. The lowest BCUT2D eigenvalue weighted by Crippen LogP contribution is -2.40. The molecule has 24 heavy (non-hydrogen) atoms. The molecular weight excluding hydrogens is 302 g/mol. The highest BCUT2D eigenvalue weighted by Crippen LogP contribution is 2.20. The zero-order chi connectivity index (χ0) is 17.2. The van der Waals surface area contributed by atoms with Crippen LogP contribution in [0.4, 0.5) is 0 Å². The Morgan fingerprint density at radius 2 is 2.12 bits per heavy atom. The van der Waals surface area contributed by atoms with Gasteiger partial charge in [-0.3, -0.25) is 9.79 Å². The van der Waals surface area contributed by atoms with E-state index < -0.39 is 0 Å². The molecule has 0 bridgehead atoms. The van der Waals surface area contributed by atoms with Crippen LogP contribution >= 0.6 is 0 Å². The van der Waals surface area contributed by atoms with Crippen molar-refractivity contribution in [2.75, 3.05) is 33.8 Å². The summed E-state index contributed by atoms with van der Waals surface area (Å²) in [7, 11) is 3.27. The van der Waals surface area contributed by atoms with Crippen LogP contribution in [0.1, 0.15) is 31.2 Å². The van der Waals surface area contributed by atoms with Crippen LogP contribution in [0.5, 0.6) is 0 Å². The SMILES string of the molecule is CN=C(NCCCCC(=O)OC)N1CCC(Cc2ccccc2)C1. The van der Waals surface area contributed by atoms with Crippen molar-refractivity contribution in [1.82, 2.24) is 10.2 Å². The van der Waals surface area contributed by atoms with E-state index in [1.54, 1.807) is 0 Å². The van der Waals surface area contributed by atoms with Crippen molar-refractivity contribution in [2.24, 2.45) is 10.9 Å². The number of carbonyl (C=O) groups excluding carboxylic acids is 1. The molecule has 1 aromatic carbocycles. The van der Waals surface area contributed by atoms with Gasteiger partial charge < -0.3 is 15.0 Å². The molecule has 1 aliphatic heterocycles. The number of methoxy groups -OCH3 is 1. The van der Waals surface area contributed by atoms with Gasteiger partial charge in [-0.05, 0) is 37.2 Å². The molecule has 1 aliphatic rings. The maximum Gasteiger partial charge on any atom is 0.305 e. The molecule has 1 heterocycles. The Labute approximate surface area is 145 Å². The minimum atomic E-state index is -0.136. The van der Waals surface area contributed by atoms with Gasteiger partial charge in [-0.15, -0.1) is 0 Å². The largest absolute Gasteiger partial charge is 0.469 e. The van der Waals surface area contributed by atoms with Gasteiger partial charge in [0.2, 0.25) is 0 Å². The fourth-order valence-electron chi connectivity index (χ4n) is 3.17. The summed E-state index contributed by atoms with van der Waals surface area (Å²) in [5, 5.41) is 3.41. The summed E-state index contributed by atoms with van der Waals surface area (Å²) in [6, 6.07) is 10.7. The highest BCUT2D eigenvalue weighted by atomic mass is 16.5. The lowest BCUT2D eigenvalue weighted by Gasteiger charge is -2.21. The number of unbranched alkanes of at least 4 members (excludes halogenated alkanes) is 1. The van der Waals surface area contributed by atoms with E-state index in [1.807, 2.05) is 7.05 Å². The predicted molar refractivity (Wildman–Crippen MR) is 97.1 cm³/mol. The molecule has 5 heteroatoms. The Kier molecular flexibility index (Phi) is 7.59. The van der Waals surface area contributed by atoms with Crippen LogP contribution in [0, 0.1) is 5.92 Å². The molecule has 0 aromatic heterocycles. The molecule has 2 rings (SSSR count). The number of ether oxygens (including phenoxy) is 1. The highest BCUT2D eigenvalue weighted by molar-refractivity contribution is 5.80. The second-order valence-electron chi connectivity index (χ2n) is 6.30. The first kappa shape index (κ1) is 18.3. The molecule has 1 aromatic rings. The van der Waals surface area contributed by atoms with Gasteiger partial charge in [0, 0.05) is 33.1 Å². The normalized spacial score (nSPS) is 17.8. The van der Waals surface area contributed by atoms with E-state index in [0.29, 0.717) is 12.3 Å². The minimum Gasteiger partial charge on any atom is -0.469 e. The zero-order valence-corrected chi connectivity index (χ0v) is 14.8. The van der Waals surface area contributed by atoms with Gasteiger partial charge in [0.15, 0.2) is 5.96 Å². The molecular formula is C19H29N3O2. The third-order valence-corrected chi connectivity index (χ3v) is 4.48. The van der Waals surface area contributed by atoms with Crippen LogP contribution in [0.15, 0.2) is 35.3 Å². The van der Waals surface area contributed by atoms with Gasteiger partial charge in [0.25, 0.3) is 0 Å². The summed E-state index contributed by atoms with van der Waals surface area (Å²) in [5.41, 5.74) is 1.41. The van der Waals surface area contributed by atoms with Crippen LogP contribution in [0.25, 0.3) is 0 Å². The zero-order valence-electron chi connectivity index (χ0n) is 14.8. The molecule has 0 spiro atoms. The van der Waals surface area contributed by atoms with Gasteiger partial charge in [-0.2, -0.15) is 0 Å². The molecule has 0 saturated carbocycles. The molecule has 1 saturated heterocycles. The molecule has 0 radical (unpaired) electrons. The molecule has 1 unspecified atom stereocenters. The maximum atomic E-state index is 11.1. The number of rotatable bonds is 7. The summed E-state index contributed by atoms with van der Waals surface area (Å²) in [6.07, 6.45) is 4.60. The summed E-state index contributed by atoms with van der Waals surface area (Å²) >= 11 is 0. The van der Waals surface area contributed by atoms with E-state index in [1.165, 1.54) is 19.1 Å². The smallest absolute Gasteiger partial charge is 0.305 e. The molecule has 0 amide bonds. The van der Waals surface area contributed by atoms with E-state index in [0.717, 1.165) is 44.9 Å². The Hall–Kier alpha value is -2.04. The number of likely N-dealkylation sites (tertiary alicyclic amines) is 1. The standard InChI is InChI=1S/C19H29N3O2/c1-20-19(21-12-7-6-10-18(23)24-2)22-13-11-17(15-22)14-16-8-4-3-5-9-16/h3-5,8-9,17H,6-7,10-15H2,1-2H3,(H,20,21). The van der Waals surface area contributed by atoms with Gasteiger partial charge in [0.1, 0.15) is 0 Å². The topological polar surface area (TPSA) is 53.9 Å². The Morgan fingerprint density at radius 3 is 2.83 bits per heavy atom. The average molecular weight is 331 g/mol. The van der Waals surface area contributed by atoms with Crippen molar-refractivity contribution in [3.8, 4) is 0 Å². The van der Waals surface area contributed by atoms with E-state index in [9.17, 15) is 4.79 Å². The average Bonchev–Trinajstić information content (AvgIpc) is 3.07. The van der Waals surface area contributed by atoms with Gasteiger partial charge in [-0.25, -0.2) is 0 Å². The molecule has 0 aliphatic carbocycles. The fraction of sp³-hybridized carbons (Fsp3) is 0.579. The third kappa shape index (κ3) is 5.87. The number of hydrogen-bond acceptors (Lipinski definition) is 3. The monoisotopic (exact) mass is 331 g/mol. The molecule has 1 N–H and O–H groups in total. The number of aliphatic imine (C=N–C) groups is 1. The summed E-state index contributed by atoms with van der Waals surface area (Å²) < 4.78 is 4.65. The van der Waals surface area contributed by atoms with Crippen LogP contribution < -0.4 is 5.32 Å².